The molecule has 0 amide bonds. The number of nitrogens with one attached hydrogen (secondary N) is 1. The molecule has 0 aromatic heterocycles. The normalized spacial score (nSPS) is 3.60. The SMILES string of the molecule is CNC.[Na+].[OH-]. The van der Waals surface area contributed by atoms with Crippen molar-refractivity contribution >= 4 is 0 Å². The van der Waals surface area contributed by atoms with Crippen LogP contribution in [0.5, 0.6) is 0 Å². The Balaban J connectivity index is -0.0000000200. The third kappa shape index (κ3) is 49.6. The maximum Gasteiger partial charge on any atom is 1.00 e. The first-order chi connectivity index (χ1) is 1.41. The van der Waals surface area contributed by atoms with Crippen molar-refractivity contribution in [1.29, 1.82) is 0 Å². The molecule has 0 bridgehead atoms. The van der Waals surface area contributed by atoms with Crippen molar-refractivity contribution in [2.24, 2.45) is 0 Å². The molecule has 5 heavy (non-hydrogen) atoms. The first-order valence-corrected chi connectivity index (χ1v) is 1.00. The fourth-order valence-corrected chi connectivity index (χ4v) is 0. The topological polar surface area (TPSA) is 42.0 Å². The maximum absolute atomic E-state index is 2.75. The van der Waals surface area contributed by atoms with Crippen molar-refractivity contribution in [2.45, 2.75) is 0 Å². The van der Waals surface area contributed by atoms with Crippen LogP contribution in [0.3, 0.4) is 0 Å². The van der Waals surface area contributed by atoms with Crippen LogP contribution >= 0.6 is 0 Å². The second kappa shape index (κ2) is 20.5. The third-order valence-electron chi connectivity index (χ3n) is 0. The van der Waals surface area contributed by atoms with Crippen molar-refractivity contribution in [2.75, 3.05) is 14.1 Å². The van der Waals surface area contributed by atoms with E-state index in [0.29, 0.717) is 0 Å². The van der Waals surface area contributed by atoms with Crippen LogP contribution in [0.4, 0.5) is 0 Å². The van der Waals surface area contributed by atoms with Crippen LogP contribution in [0, 0.1) is 0 Å². The van der Waals surface area contributed by atoms with Gasteiger partial charge in [-0.15, -0.1) is 0 Å². The van der Waals surface area contributed by atoms with Gasteiger partial charge in [-0.2, -0.15) is 0 Å². The standard InChI is InChI=1S/C2H7N.Na.H2O/c1-3-2;;/h3H,1-2H3;;1H2/q;+1;/p-1. The second-order valence-electron chi connectivity index (χ2n) is 0.500. The Bertz CT molecular complexity index is 9.61. The quantitative estimate of drug-likeness (QED) is 0.312. The van der Waals surface area contributed by atoms with E-state index in [2.05, 4.69) is 5.32 Å². The molecule has 0 heterocycles. The minimum absolute atomic E-state index is 0. The summed E-state index contributed by atoms with van der Waals surface area (Å²) in [5, 5.41) is 2.75. The molecule has 0 aromatic carbocycles. The predicted molar refractivity (Wildman–Crippen MR) is 16.9 cm³/mol. The zero-order chi connectivity index (χ0) is 2.71. The molecule has 2 N–H and O–H groups in total. The molecule has 0 saturated carbocycles. The third-order valence-corrected chi connectivity index (χ3v) is 0. The Labute approximate surface area is 54.5 Å². The predicted octanol–water partition coefficient (Wildman–Crippen LogP) is -3.34. The Morgan fingerprint density at radius 2 is 1.20 bits per heavy atom. The second-order valence-corrected chi connectivity index (χ2v) is 0.500. The molecular formula is C2H8NNaO. The average Bonchev–Trinajstić information content (AvgIpc) is 0.918. The largest absolute Gasteiger partial charge is 1.00 e. The Morgan fingerprint density at radius 1 is 1.20 bits per heavy atom. The van der Waals surface area contributed by atoms with Crippen LogP contribution in [-0.2, 0) is 0 Å². The average molecular weight is 85.1 g/mol. The summed E-state index contributed by atoms with van der Waals surface area (Å²) in [7, 11) is 3.75. The van der Waals surface area contributed by atoms with E-state index >= 15 is 0 Å². The number of rotatable bonds is 0. The van der Waals surface area contributed by atoms with Gasteiger partial charge in [0.05, 0.1) is 0 Å². The zero-order valence-electron chi connectivity index (χ0n) is 3.95. The Hall–Kier alpha value is 0.920. The van der Waals surface area contributed by atoms with Gasteiger partial charge < -0.3 is 10.8 Å². The van der Waals surface area contributed by atoms with Gasteiger partial charge in [0.2, 0.25) is 0 Å². The summed E-state index contributed by atoms with van der Waals surface area (Å²) in [6, 6.07) is 0. The van der Waals surface area contributed by atoms with Gasteiger partial charge in [0.1, 0.15) is 0 Å². The summed E-state index contributed by atoms with van der Waals surface area (Å²) in [6.45, 7) is 0. The van der Waals surface area contributed by atoms with Crippen molar-refractivity contribution in [3.05, 3.63) is 0 Å². The van der Waals surface area contributed by atoms with Crippen molar-refractivity contribution in [1.82, 2.24) is 5.32 Å². The molecular weight excluding hydrogens is 77.0 g/mol. The molecule has 0 aliphatic heterocycles. The van der Waals surface area contributed by atoms with Gasteiger partial charge in [-0.05, 0) is 14.1 Å². The summed E-state index contributed by atoms with van der Waals surface area (Å²) >= 11 is 0. The van der Waals surface area contributed by atoms with Gasteiger partial charge in [-0.1, -0.05) is 0 Å². The van der Waals surface area contributed by atoms with Crippen LogP contribution < -0.4 is 34.9 Å². The van der Waals surface area contributed by atoms with Crippen LogP contribution in [0.25, 0.3) is 0 Å². The minimum atomic E-state index is 0. The van der Waals surface area contributed by atoms with E-state index in [1.165, 1.54) is 0 Å². The monoisotopic (exact) mass is 85.1 g/mol. The van der Waals surface area contributed by atoms with Crippen LogP contribution in [0.1, 0.15) is 0 Å². The Kier molecular flexibility index (Phi) is 68.9. The van der Waals surface area contributed by atoms with E-state index in [-0.39, 0.29) is 35.0 Å². The number of hydrogen-bond donors (Lipinski definition) is 1. The fraction of sp³-hybridized carbons (Fsp3) is 1.00. The molecule has 0 unspecified atom stereocenters. The first-order valence-electron chi connectivity index (χ1n) is 1.00. The molecule has 0 aliphatic carbocycles. The molecule has 3 heteroatoms. The molecule has 0 fully saturated rings. The molecule has 2 nitrogen and oxygen atoms in total. The van der Waals surface area contributed by atoms with E-state index in [4.69, 9.17) is 0 Å². The van der Waals surface area contributed by atoms with E-state index in [1.807, 2.05) is 14.1 Å². The molecule has 0 radical (unpaired) electrons. The Morgan fingerprint density at radius 3 is 1.20 bits per heavy atom. The van der Waals surface area contributed by atoms with Gasteiger partial charge in [-0.25, -0.2) is 0 Å². The van der Waals surface area contributed by atoms with Crippen LogP contribution in [0.15, 0.2) is 0 Å². The number of hydrogen-bond acceptors (Lipinski definition) is 2. The van der Waals surface area contributed by atoms with Gasteiger partial charge in [-0.3, -0.25) is 0 Å². The summed E-state index contributed by atoms with van der Waals surface area (Å²) in [5.41, 5.74) is 0. The summed E-state index contributed by atoms with van der Waals surface area (Å²) in [5.74, 6) is 0. The molecule has 0 aliphatic rings. The molecule has 0 saturated heterocycles. The van der Waals surface area contributed by atoms with Gasteiger partial charge in [0.15, 0.2) is 0 Å². The molecule has 0 spiro atoms. The van der Waals surface area contributed by atoms with Crippen molar-refractivity contribution in [3.63, 3.8) is 0 Å². The maximum atomic E-state index is 2.75. The van der Waals surface area contributed by atoms with Crippen LogP contribution in [-0.4, -0.2) is 19.6 Å². The van der Waals surface area contributed by atoms with Gasteiger partial charge >= 0.3 is 29.6 Å². The van der Waals surface area contributed by atoms with Gasteiger partial charge in [0.25, 0.3) is 0 Å². The molecule has 0 aromatic rings. The van der Waals surface area contributed by atoms with E-state index < -0.39 is 0 Å². The van der Waals surface area contributed by atoms with E-state index in [9.17, 15) is 0 Å². The van der Waals surface area contributed by atoms with Crippen LogP contribution in [0.2, 0.25) is 0 Å². The first kappa shape index (κ1) is 16.8. The summed E-state index contributed by atoms with van der Waals surface area (Å²) in [4.78, 5) is 0. The fourth-order valence-electron chi connectivity index (χ4n) is 0. The van der Waals surface area contributed by atoms with Crippen molar-refractivity contribution in [3.8, 4) is 0 Å². The molecule has 28 valence electrons. The minimum Gasteiger partial charge on any atom is -0.870 e. The smallest absolute Gasteiger partial charge is 0.870 e. The summed E-state index contributed by atoms with van der Waals surface area (Å²) < 4.78 is 0. The zero-order valence-corrected chi connectivity index (χ0v) is 5.95. The van der Waals surface area contributed by atoms with E-state index in [1.54, 1.807) is 0 Å². The molecule has 0 atom stereocenters. The van der Waals surface area contributed by atoms with E-state index in [0.717, 1.165) is 0 Å². The summed E-state index contributed by atoms with van der Waals surface area (Å²) in [6.07, 6.45) is 0. The molecule has 0 rings (SSSR count). The van der Waals surface area contributed by atoms with Crippen molar-refractivity contribution < 1.29 is 35.0 Å². The van der Waals surface area contributed by atoms with Gasteiger partial charge in [0, 0.05) is 0 Å².